The van der Waals surface area contributed by atoms with Crippen LogP contribution >= 0.6 is 0 Å². The number of aromatic nitrogens is 3. The summed E-state index contributed by atoms with van der Waals surface area (Å²) < 4.78 is 11.6. The number of para-hydroxylation sites is 1. The van der Waals surface area contributed by atoms with Crippen LogP contribution in [0.5, 0.6) is 5.75 Å². The fourth-order valence-electron chi connectivity index (χ4n) is 3.50. The van der Waals surface area contributed by atoms with E-state index in [1.165, 1.54) is 5.39 Å². The largest absolute Gasteiger partial charge is 0.497 e. The summed E-state index contributed by atoms with van der Waals surface area (Å²) in [5.41, 5.74) is 4.93. The van der Waals surface area contributed by atoms with Gasteiger partial charge in [0.1, 0.15) is 11.4 Å². The quantitative estimate of drug-likeness (QED) is 0.435. The zero-order valence-electron chi connectivity index (χ0n) is 15.4. The van der Waals surface area contributed by atoms with Crippen molar-refractivity contribution in [3.63, 3.8) is 0 Å². The number of fused-ring (bicyclic) bond motifs is 1. The second kappa shape index (κ2) is 6.78. The maximum absolute atomic E-state index is 6.25. The molecule has 0 bridgehead atoms. The minimum absolute atomic E-state index is 0.613. The fraction of sp³-hybridized carbons (Fsp3) is 0.0870. The molecule has 3 aromatic heterocycles. The van der Waals surface area contributed by atoms with Gasteiger partial charge in [-0.3, -0.25) is 0 Å². The van der Waals surface area contributed by atoms with Gasteiger partial charge in [-0.05, 0) is 35.9 Å². The number of benzene rings is 2. The third-order valence-corrected chi connectivity index (χ3v) is 4.87. The summed E-state index contributed by atoms with van der Waals surface area (Å²) in [6.07, 6.45) is 4.52. The van der Waals surface area contributed by atoms with Crippen molar-refractivity contribution in [3.8, 4) is 28.5 Å². The maximum atomic E-state index is 6.25. The molecule has 0 spiro atoms. The smallest absolute Gasteiger partial charge is 0.200 e. The molecule has 138 valence electrons. The third kappa shape index (κ3) is 2.87. The first kappa shape index (κ1) is 16.4. The van der Waals surface area contributed by atoms with E-state index in [-0.39, 0.29) is 0 Å². The Kier molecular flexibility index (Phi) is 3.98. The zero-order valence-corrected chi connectivity index (χ0v) is 15.4. The molecule has 2 N–H and O–H groups in total. The first-order valence-electron chi connectivity index (χ1n) is 9.15. The van der Waals surface area contributed by atoms with Crippen molar-refractivity contribution in [1.82, 2.24) is 15.0 Å². The molecule has 0 fully saturated rings. The van der Waals surface area contributed by atoms with E-state index in [1.54, 1.807) is 7.11 Å². The van der Waals surface area contributed by atoms with Crippen molar-refractivity contribution in [2.45, 2.75) is 6.42 Å². The minimum atomic E-state index is 0.613. The van der Waals surface area contributed by atoms with E-state index in [9.17, 15) is 0 Å². The van der Waals surface area contributed by atoms with Crippen molar-refractivity contribution >= 4 is 10.9 Å². The Morgan fingerprint density at radius 1 is 1.00 bits per heavy atom. The van der Waals surface area contributed by atoms with Crippen molar-refractivity contribution in [1.29, 1.82) is 0 Å². The molecule has 5 rings (SSSR count). The van der Waals surface area contributed by atoms with Gasteiger partial charge in [0, 0.05) is 28.9 Å². The number of hydrogen-bond acceptors (Lipinski definition) is 3. The number of hydrogen-bond donors (Lipinski definition) is 2. The van der Waals surface area contributed by atoms with Gasteiger partial charge in [-0.25, -0.2) is 4.98 Å². The van der Waals surface area contributed by atoms with Crippen molar-refractivity contribution < 1.29 is 9.15 Å². The average Bonchev–Trinajstić information content (AvgIpc) is 3.48. The fourth-order valence-corrected chi connectivity index (χ4v) is 3.50. The lowest BCUT2D eigenvalue weighted by Crippen LogP contribution is -1.87. The highest BCUT2D eigenvalue weighted by Gasteiger charge is 2.19. The van der Waals surface area contributed by atoms with Gasteiger partial charge in [0.25, 0.3) is 0 Å². The van der Waals surface area contributed by atoms with Gasteiger partial charge in [-0.1, -0.05) is 30.3 Å². The summed E-state index contributed by atoms with van der Waals surface area (Å²) in [6.45, 7) is 0. The van der Waals surface area contributed by atoms with Crippen LogP contribution in [0.25, 0.3) is 33.6 Å². The minimum Gasteiger partial charge on any atom is -0.497 e. The Morgan fingerprint density at radius 3 is 2.79 bits per heavy atom. The SMILES string of the molecule is COc1cccc(-c2oc(Cc3c[nH]c4ccccc34)nc2-c2ccc[nH]2)c1. The second-order valence-electron chi connectivity index (χ2n) is 6.64. The van der Waals surface area contributed by atoms with Crippen LogP contribution < -0.4 is 4.74 Å². The van der Waals surface area contributed by atoms with Gasteiger partial charge < -0.3 is 19.1 Å². The molecule has 0 aliphatic heterocycles. The normalized spacial score (nSPS) is 11.2. The maximum Gasteiger partial charge on any atom is 0.200 e. The number of H-pyrrole nitrogens is 2. The van der Waals surface area contributed by atoms with Crippen molar-refractivity contribution in [2.75, 3.05) is 7.11 Å². The molecule has 0 radical (unpaired) electrons. The molecule has 5 heteroatoms. The number of methoxy groups -OCH3 is 1. The van der Waals surface area contributed by atoms with Gasteiger partial charge >= 0.3 is 0 Å². The van der Waals surface area contributed by atoms with E-state index in [2.05, 4.69) is 22.1 Å². The monoisotopic (exact) mass is 369 g/mol. The number of nitrogens with zero attached hydrogens (tertiary/aromatic N) is 1. The third-order valence-electron chi connectivity index (χ3n) is 4.87. The van der Waals surface area contributed by atoms with E-state index in [1.807, 2.05) is 60.9 Å². The molecule has 0 aliphatic rings. The van der Waals surface area contributed by atoms with Crippen LogP contribution in [0.4, 0.5) is 0 Å². The molecule has 0 saturated carbocycles. The molecular weight excluding hydrogens is 350 g/mol. The Morgan fingerprint density at radius 2 is 1.93 bits per heavy atom. The Labute approximate surface area is 162 Å². The van der Waals surface area contributed by atoms with Crippen LogP contribution in [0.15, 0.2) is 77.5 Å². The lowest BCUT2D eigenvalue weighted by molar-refractivity contribution is 0.414. The van der Waals surface area contributed by atoms with Crippen LogP contribution in [0.3, 0.4) is 0 Å². The molecule has 0 amide bonds. The highest BCUT2D eigenvalue weighted by Crippen LogP contribution is 2.34. The lowest BCUT2D eigenvalue weighted by atomic mass is 10.1. The summed E-state index contributed by atoms with van der Waals surface area (Å²) in [5.74, 6) is 2.19. The van der Waals surface area contributed by atoms with Crippen LogP contribution in [-0.2, 0) is 6.42 Å². The van der Waals surface area contributed by atoms with Crippen molar-refractivity contribution in [2.24, 2.45) is 0 Å². The number of oxazole rings is 1. The summed E-state index contributed by atoms with van der Waals surface area (Å²) in [4.78, 5) is 11.4. The van der Waals surface area contributed by atoms with Gasteiger partial charge in [0.05, 0.1) is 19.2 Å². The van der Waals surface area contributed by atoms with E-state index < -0.39 is 0 Å². The highest BCUT2D eigenvalue weighted by atomic mass is 16.5. The predicted octanol–water partition coefficient (Wildman–Crippen LogP) is 5.42. The molecule has 2 aromatic carbocycles. The lowest BCUT2D eigenvalue weighted by Gasteiger charge is -2.03. The molecule has 0 atom stereocenters. The molecule has 0 unspecified atom stereocenters. The van der Waals surface area contributed by atoms with E-state index in [0.717, 1.165) is 39.5 Å². The number of nitrogens with one attached hydrogen (secondary N) is 2. The molecule has 28 heavy (non-hydrogen) atoms. The van der Waals surface area contributed by atoms with E-state index >= 15 is 0 Å². The van der Waals surface area contributed by atoms with E-state index in [4.69, 9.17) is 14.1 Å². The first-order valence-corrected chi connectivity index (χ1v) is 9.15. The summed E-state index contributed by atoms with van der Waals surface area (Å²) >= 11 is 0. The zero-order chi connectivity index (χ0) is 18.9. The molecule has 5 aromatic rings. The van der Waals surface area contributed by atoms with Gasteiger partial charge in [0.15, 0.2) is 11.7 Å². The molecule has 0 aliphatic carbocycles. The number of aromatic amines is 2. The average molecular weight is 369 g/mol. The Hall–Kier alpha value is -3.73. The topological polar surface area (TPSA) is 66.8 Å². The molecule has 0 saturated heterocycles. The number of rotatable bonds is 5. The van der Waals surface area contributed by atoms with Crippen LogP contribution in [0, 0.1) is 0 Å². The van der Waals surface area contributed by atoms with Gasteiger partial charge in [-0.2, -0.15) is 0 Å². The van der Waals surface area contributed by atoms with Crippen molar-refractivity contribution in [3.05, 3.63) is 84.5 Å². The summed E-state index contributed by atoms with van der Waals surface area (Å²) in [6, 6.07) is 20.0. The number of ether oxygens (including phenoxy) is 1. The highest BCUT2D eigenvalue weighted by molar-refractivity contribution is 5.83. The predicted molar refractivity (Wildman–Crippen MR) is 109 cm³/mol. The Bertz CT molecular complexity index is 1230. The molecular formula is C23H19N3O2. The first-order chi connectivity index (χ1) is 13.8. The summed E-state index contributed by atoms with van der Waals surface area (Å²) in [5, 5.41) is 1.19. The van der Waals surface area contributed by atoms with Crippen LogP contribution in [0.1, 0.15) is 11.5 Å². The van der Waals surface area contributed by atoms with Gasteiger partial charge in [-0.15, -0.1) is 0 Å². The van der Waals surface area contributed by atoms with Gasteiger partial charge in [0.2, 0.25) is 0 Å². The summed E-state index contributed by atoms with van der Waals surface area (Å²) in [7, 11) is 1.66. The second-order valence-corrected chi connectivity index (χ2v) is 6.64. The van der Waals surface area contributed by atoms with Crippen LogP contribution in [-0.4, -0.2) is 22.1 Å². The Balaban J connectivity index is 1.60. The molecule has 3 heterocycles. The van der Waals surface area contributed by atoms with Crippen LogP contribution in [0.2, 0.25) is 0 Å². The molecule has 5 nitrogen and oxygen atoms in total. The van der Waals surface area contributed by atoms with E-state index in [0.29, 0.717) is 12.3 Å². The standard InChI is InChI=1S/C23H19N3O2/c1-27-17-7-4-6-15(12-17)23-22(20-10-5-11-24-20)26-21(28-23)13-16-14-25-19-9-3-2-8-18(16)19/h2-12,14,24-25H,13H2,1H3.